The minimum absolute atomic E-state index is 0.307. The van der Waals surface area contributed by atoms with Crippen molar-refractivity contribution in [3.8, 4) is 6.07 Å². The fourth-order valence-corrected chi connectivity index (χ4v) is 1.37. The van der Waals surface area contributed by atoms with Crippen LogP contribution in [0.1, 0.15) is 19.3 Å². The van der Waals surface area contributed by atoms with Gasteiger partial charge < -0.3 is 5.32 Å². The molecular weight excluding hydrogens is 215 g/mol. The number of halogens is 2. The molecule has 0 heterocycles. The van der Waals surface area contributed by atoms with Gasteiger partial charge in [-0.2, -0.15) is 5.26 Å². The van der Waals surface area contributed by atoms with Gasteiger partial charge in [-0.15, -0.1) is 0 Å². The molecule has 0 fully saturated rings. The SMILES string of the molecule is N#CCCCCNc1cc(F)ccc1Cl. The van der Waals surface area contributed by atoms with Gasteiger partial charge in [0.25, 0.3) is 0 Å². The number of nitriles is 1. The first-order chi connectivity index (χ1) is 7.24. The minimum Gasteiger partial charge on any atom is -0.384 e. The summed E-state index contributed by atoms with van der Waals surface area (Å²) in [5.41, 5.74) is 0.605. The predicted molar refractivity (Wildman–Crippen MR) is 59.4 cm³/mol. The lowest BCUT2D eigenvalue weighted by atomic mass is 10.2. The Morgan fingerprint density at radius 2 is 2.20 bits per heavy atom. The van der Waals surface area contributed by atoms with E-state index in [9.17, 15) is 4.39 Å². The second-order valence-electron chi connectivity index (χ2n) is 3.17. The van der Waals surface area contributed by atoms with Gasteiger partial charge >= 0.3 is 0 Å². The van der Waals surface area contributed by atoms with Crippen molar-refractivity contribution in [3.63, 3.8) is 0 Å². The number of hydrogen-bond donors (Lipinski definition) is 1. The standard InChI is InChI=1S/C11H12ClFN2/c12-10-5-4-9(13)8-11(10)15-7-3-1-2-6-14/h4-5,8,15H,1-3,7H2. The summed E-state index contributed by atoms with van der Waals surface area (Å²) in [6, 6.07) is 6.29. The Balaban J connectivity index is 2.37. The average molecular weight is 227 g/mol. The molecule has 0 aliphatic carbocycles. The smallest absolute Gasteiger partial charge is 0.125 e. The Hall–Kier alpha value is -1.27. The van der Waals surface area contributed by atoms with E-state index in [1.54, 1.807) is 0 Å². The topological polar surface area (TPSA) is 35.8 Å². The lowest BCUT2D eigenvalue weighted by Gasteiger charge is -2.07. The van der Waals surface area contributed by atoms with Crippen LogP contribution >= 0.6 is 11.6 Å². The number of hydrogen-bond acceptors (Lipinski definition) is 2. The summed E-state index contributed by atoms with van der Waals surface area (Å²) < 4.78 is 12.8. The number of benzene rings is 1. The first kappa shape index (κ1) is 11.8. The average Bonchev–Trinajstić information content (AvgIpc) is 2.23. The maximum atomic E-state index is 12.8. The van der Waals surface area contributed by atoms with Gasteiger partial charge in [0, 0.05) is 13.0 Å². The van der Waals surface area contributed by atoms with Gasteiger partial charge in [-0.1, -0.05) is 11.6 Å². The molecule has 0 radical (unpaired) electrons. The van der Waals surface area contributed by atoms with Crippen molar-refractivity contribution in [2.75, 3.05) is 11.9 Å². The van der Waals surface area contributed by atoms with Crippen molar-refractivity contribution in [1.82, 2.24) is 0 Å². The zero-order valence-electron chi connectivity index (χ0n) is 8.26. The Labute approximate surface area is 93.7 Å². The summed E-state index contributed by atoms with van der Waals surface area (Å²) in [5, 5.41) is 11.9. The van der Waals surface area contributed by atoms with Crippen molar-refractivity contribution >= 4 is 17.3 Å². The van der Waals surface area contributed by atoms with E-state index in [1.807, 2.05) is 0 Å². The maximum absolute atomic E-state index is 12.8. The van der Waals surface area contributed by atoms with E-state index in [0.717, 1.165) is 12.8 Å². The summed E-state index contributed by atoms with van der Waals surface area (Å²) >= 11 is 5.85. The first-order valence-electron chi connectivity index (χ1n) is 4.80. The highest BCUT2D eigenvalue weighted by molar-refractivity contribution is 6.33. The van der Waals surface area contributed by atoms with Gasteiger partial charge in [0.1, 0.15) is 5.82 Å². The van der Waals surface area contributed by atoms with Crippen LogP contribution in [0.4, 0.5) is 10.1 Å². The van der Waals surface area contributed by atoms with Crippen LogP contribution in [0, 0.1) is 17.1 Å². The summed E-state index contributed by atoms with van der Waals surface area (Å²) in [7, 11) is 0. The number of nitrogens with zero attached hydrogens (tertiary/aromatic N) is 1. The van der Waals surface area contributed by atoms with E-state index >= 15 is 0 Å². The lowest BCUT2D eigenvalue weighted by Crippen LogP contribution is -2.02. The largest absolute Gasteiger partial charge is 0.384 e. The highest BCUT2D eigenvalue weighted by Gasteiger charge is 2.00. The van der Waals surface area contributed by atoms with Crippen LogP contribution in [0.5, 0.6) is 0 Å². The minimum atomic E-state index is -0.307. The van der Waals surface area contributed by atoms with Crippen molar-refractivity contribution in [3.05, 3.63) is 29.0 Å². The van der Waals surface area contributed by atoms with Crippen LogP contribution in [0.2, 0.25) is 5.02 Å². The molecule has 1 rings (SSSR count). The molecule has 0 atom stereocenters. The number of rotatable bonds is 5. The molecule has 1 N–H and O–H groups in total. The molecule has 15 heavy (non-hydrogen) atoms. The van der Waals surface area contributed by atoms with E-state index in [-0.39, 0.29) is 5.82 Å². The van der Waals surface area contributed by atoms with Gasteiger partial charge in [-0.05, 0) is 31.0 Å². The van der Waals surface area contributed by atoms with Gasteiger partial charge in [-0.25, -0.2) is 4.39 Å². The Morgan fingerprint density at radius 1 is 1.40 bits per heavy atom. The zero-order chi connectivity index (χ0) is 11.1. The van der Waals surface area contributed by atoms with Crippen LogP contribution in [0.25, 0.3) is 0 Å². The van der Waals surface area contributed by atoms with Crippen molar-refractivity contribution < 1.29 is 4.39 Å². The molecule has 0 aromatic heterocycles. The van der Waals surface area contributed by atoms with E-state index in [2.05, 4.69) is 11.4 Å². The zero-order valence-corrected chi connectivity index (χ0v) is 9.02. The fourth-order valence-electron chi connectivity index (χ4n) is 1.19. The fraction of sp³-hybridized carbons (Fsp3) is 0.364. The third-order valence-electron chi connectivity index (χ3n) is 1.96. The lowest BCUT2D eigenvalue weighted by molar-refractivity contribution is 0.628. The molecule has 0 aliphatic rings. The van der Waals surface area contributed by atoms with E-state index in [0.29, 0.717) is 23.7 Å². The highest BCUT2D eigenvalue weighted by Crippen LogP contribution is 2.22. The molecule has 4 heteroatoms. The normalized spacial score (nSPS) is 9.67. The first-order valence-corrected chi connectivity index (χ1v) is 5.17. The quantitative estimate of drug-likeness (QED) is 0.779. The Bertz CT molecular complexity index is 360. The van der Waals surface area contributed by atoms with Crippen LogP contribution in [-0.4, -0.2) is 6.54 Å². The molecule has 0 spiro atoms. The highest BCUT2D eigenvalue weighted by atomic mass is 35.5. The molecule has 80 valence electrons. The molecule has 0 saturated carbocycles. The summed E-state index contributed by atoms with van der Waals surface area (Å²) in [5.74, 6) is -0.307. The van der Waals surface area contributed by atoms with Crippen molar-refractivity contribution in [2.24, 2.45) is 0 Å². The van der Waals surface area contributed by atoms with Crippen LogP contribution in [0.15, 0.2) is 18.2 Å². The van der Waals surface area contributed by atoms with E-state index < -0.39 is 0 Å². The third kappa shape index (κ3) is 4.18. The van der Waals surface area contributed by atoms with Crippen molar-refractivity contribution in [1.29, 1.82) is 5.26 Å². The maximum Gasteiger partial charge on any atom is 0.125 e. The molecule has 1 aromatic carbocycles. The molecule has 0 unspecified atom stereocenters. The van der Waals surface area contributed by atoms with Gasteiger partial charge in [0.2, 0.25) is 0 Å². The Kier molecular flexibility index (Phi) is 4.92. The predicted octanol–water partition coefficient (Wildman–Crippen LogP) is 3.58. The van der Waals surface area contributed by atoms with Crippen LogP contribution in [-0.2, 0) is 0 Å². The molecule has 2 nitrogen and oxygen atoms in total. The summed E-state index contributed by atoms with van der Waals surface area (Å²) in [4.78, 5) is 0. The molecule has 0 amide bonds. The van der Waals surface area contributed by atoms with Gasteiger partial charge in [-0.3, -0.25) is 0 Å². The molecule has 1 aromatic rings. The molecule has 0 bridgehead atoms. The number of nitrogens with one attached hydrogen (secondary N) is 1. The van der Waals surface area contributed by atoms with Crippen molar-refractivity contribution in [2.45, 2.75) is 19.3 Å². The molecule has 0 saturated heterocycles. The van der Waals surface area contributed by atoms with E-state index in [1.165, 1.54) is 18.2 Å². The van der Waals surface area contributed by atoms with Crippen LogP contribution in [0.3, 0.4) is 0 Å². The summed E-state index contributed by atoms with van der Waals surface area (Å²) in [6.07, 6.45) is 2.27. The molecule has 0 aliphatic heterocycles. The second kappa shape index (κ2) is 6.26. The monoisotopic (exact) mass is 226 g/mol. The van der Waals surface area contributed by atoms with Gasteiger partial charge in [0.15, 0.2) is 0 Å². The van der Waals surface area contributed by atoms with E-state index in [4.69, 9.17) is 16.9 Å². The molecular formula is C11H12ClFN2. The third-order valence-corrected chi connectivity index (χ3v) is 2.29. The Morgan fingerprint density at radius 3 is 2.93 bits per heavy atom. The second-order valence-corrected chi connectivity index (χ2v) is 3.57. The van der Waals surface area contributed by atoms with Gasteiger partial charge in [0.05, 0.1) is 16.8 Å². The van der Waals surface area contributed by atoms with Crippen LogP contribution < -0.4 is 5.32 Å². The number of unbranched alkanes of at least 4 members (excludes halogenated alkanes) is 2. The number of anilines is 1. The summed E-state index contributed by atoms with van der Waals surface area (Å²) in [6.45, 7) is 0.699.